The molecule has 1 saturated heterocycles. The third kappa shape index (κ3) is 3.00. The molecule has 1 aromatic rings. The van der Waals surface area contributed by atoms with Gasteiger partial charge in [0.1, 0.15) is 0 Å². The second-order valence-corrected chi connectivity index (χ2v) is 4.67. The molecule has 1 aromatic heterocycles. The van der Waals surface area contributed by atoms with Gasteiger partial charge in [0.15, 0.2) is 0 Å². The fraction of sp³-hybridized carbons (Fsp3) is 0.833. The van der Waals surface area contributed by atoms with Gasteiger partial charge in [0.2, 0.25) is 5.89 Å². The molecule has 6 nitrogen and oxygen atoms in total. The summed E-state index contributed by atoms with van der Waals surface area (Å²) in [4.78, 5) is 6.59. The zero-order chi connectivity index (χ0) is 13.0. The molecule has 0 saturated carbocycles. The summed E-state index contributed by atoms with van der Waals surface area (Å²) in [7, 11) is 0. The summed E-state index contributed by atoms with van der Waals surface area (Å²) in [5.41, 5.74) is 0. The summed E-state index contributed by atoms with van der Waals surface area (Å²) in [5, 5.41) is 7.43. The standard InChI is InChI=1S/C12H22N4O2/c1-4-13-10(3)9(2)11-14-12(15-18-11)16-5-7-17-8-6-16/h9-10,13H,4-8H2,1-3H3. The summed E-state index contributed by atoms with van der Waals surface area (Å²) >= 11 is 0. The summed E-state index contributed by atoms with van der Waals surface area (Å²) in [6.45, 7) is 10.4. The van der Waals surface area contributed by atoms with Crippen molar-refractivity contribution in [3.63, 3.8) is 0 Å². The number of morpholine rings is 1. The SMILES string of the molecule is CCNC(C)C(C)c1nc(N2CCOCC2)no1. The van der Waals surface area contributed by atoms with E-state index in [9.17, 15) is 0 Å². The number of ether oxygens (including phenoxy) is 1. The van der Waals surface area contributed by atoms with Gasteiger partial charge in [-0.3, -0.25) is 0 Å². The molecule has 1 aliphatic rings. The van der Waals surface area contributed by atoms with Crippen molar-refractivity contribution in [1.29, 1.82) is 0 Å². The lowest BCUT2D eigenvalue weighted by Crippen LogP contribution is -2.37. The van der Waals surface area contributed by atoms with E-state index in [4.69, 9.17) is 9.26 Å². The van der Waals surface area contributed by atoms with Crippen molar-refractivity contribution in [3.8, 4) is 0 Å². The zero-order valence-corrected chi connectivity index (χ0v) is 11.3. The van der Waals surface area contributed by atoms with E-state index in [0.717, 1.165) is 32.8 Å². The smallest absolute Gasteiger partial charge is 0.266 e. The lowest BCUT2D eigenvalue weighted by Gasteiger charge is -2.24. The highest BCUT2D eigenvalue weighted by Crippen LogP contribution is 2.20. The molecule has 0 bridgehead atoms. The molecule has 2 heterocycles. The Labute approximate surface area is 108 Å². The third-order valence-corrected chi connectivity index (χ3v) is 3.39. The average molecular weight is 254 g/mol. The minimum Gasteiger partial charge on any atom is -0.378 e. The number of hydrogen-bond acceptors (Lipinski definition) is 6. The molecule has 102 valence electrons. The molecule has 0 aliphatic carbocycles. The lowest BCUT2D eigenvalue weighted by molar-refractivity contribution is 0.121. The van der Waals surface area contributed by atoms with Crippen LogP contribution in [-0.2, 0) is 4.74 Å². The molecule has 6 heteroatoms. The molecular formula is C12H22N4O2. The summed E-state index contributed by atoms with van der Waals surface area (Å²) < 4.78 is 10.7. The van der Waals surface area contributed by atoms with E-state index in [2.05, 4.69) is 41.1 Å². The topological polar surface area (TPSA) is 63.4 Å². The van der Waals surface area contributed by atoms with E-state index in [1.807, 2.05) is 0 Å². The van der Waals surface area contributed by atoms with E-state index >= 15 is 0 Å². The van der Waals surface area contributed by atoms with Gasteiger partial charge in [0.05, 0.1) is 19.1 Å². The normalized spacial score (nSPS) is 19.8. The highest BCUT2D eigenvalue weighted by Gasteiger charge is 2.22. The molecule has 2 atom stereocenters. The van der Waals surface area contributed by atoms with Crippen LogP contribution in [0.3, 0.4) is 0 Å². The predicted molar refractivity (Wildman–Crippen MR) is 68.9 cm³/mol. The molecular weight excluding hydrogens is 232 g/mol. The second kappa shape index (κ2) is 6.15. The first kappa shape index (κ1) is 13.3. The highest BCUT2D eigenvalue weighted by atomic mass is 16.5. The second-order valence-electron chi connectivity index (χ2n) is 4.67. The lowest BCUT2D eigenvalue weighted by atomic mass is 10.0. The number of hydrogen-bond donors (Lipinski definition) is 1. The van der Waals surface area contributed by atoms with E-state index in [1.54, 1.807) is 0 Å². The number of nitrogens with one attached hydrogen (secondary N) is 1. The maximum Gasteiger partial charge on any atom is 0.266 e. The van der Waals surface area contributed by atoms with Crippen LogP contribution >= 0.6 is 0 Å². The Bertz CT molecular complexity index is 363. The van der Waals surface area contributed by atoms with E-state index < -0.39 is 0 Å². The molecule has 2 rings (SSSR count). The van der Waals surface area contributed by atoms with Crippen LogP contribution < -0.4 is 10.2 Å². The number of anilines is 1. The van der Waals surface area contributed by atoms with E-state index in [0.29, 0.717) is 17.9 Å². The monoisotopic (exact) mass is 254 g/mol. The molecule has 0 spiro atoms. The van der Waals surface area contributed by atoms with Crippen molar-refractivity contribution in [2.24, 2.45) is 0 Å². The van der Waals surface area contributed by atoms with Gasteiger partial charge in [-0.2, -0.15) is 4.98 Å². The Morgan fingerprint density at radius 3 is 2.72 bits per heavy atom. The highest BCUT2D eigenvalue weighted by molar-refractivity contribution is 5.28. The fourth-order valence-corrected chi connectivity index (χ4v) is 2.02. The number of rotatable bonds is 5. The molecule has 1 N–H and O–H groups in total. The Morgan fingerprint density at radius 1 is 1.33 bits per heavy atom. The Morgan fingerprint density at radius 2 is 2.06 bits per heavy atom. The van der Waals surface area contributed by atoms with Gasteiger partial charge in [-0.05, 0) is 18.6 Å². The maximum absolute atomic E-state index is 5.36. The first-order valence-electron chi connectivity index (χ1n) is 6.62. The van der Waals surface area contributed by atoms with Crippen molar-refractivity contribution in [2.75, 3.05) is 37.7 Å². The zero-order valence-electron chi connectivity index (χ0n) is 11.3. The molecule has 18 heavy (non-hydrogen) atoms. The number of likely N-dealkylation sites (N-methyl/N-ethyl adjacent to an activating group) is 1. The third-order valence-electron chi connectivity index (χ3n) is 3.39. The van der Waals surface area contributed by atoms with Gasteiger partial charge in [0.25, 0.3) is 5.95 Å². The van der Waals surface area contributed by atoms with Crippen LogP contribution in [0.25, 0.3) is 0 Å². The van der Waals surface area contributed by atoms with Crippen LogP contribution in [0.1, 0.15) is 32.6 Å². The van der Waals surface area contributed by atoms with Crippen LogP contribution in [0, 0.1) is 0 Å². The summed E-state index contributed by atoms with van der Waals surface area (Å²) in [6.07, 6.45) is 0. The number of aromatic nitrogens is 2. The molecule has 2 unspecified atom stereocenters. The molecule has 0 amide bonds. The van der Waals surface area contributed by atoms with Crippen LogP contribution in [-0.4, -0.2) is 49.0 Å². The average Bonchev–Trinajstić information content (AvgIpc) is 2.89. The fourth-order valence-electron chi connectivity index (χ4n) is 2.02. The van der Waals surface area contributed by atoms with E-state index in [-0.39, 0.29) is 5.92 Å². The van der Waals surface area contributed by atoms with Gasteiger partial charge in [-0.1, -0.05) is 13.8 Å². The Hall–Kier alpha value is -1.14. The van der Waals surface area contributed by atoms with Crippen molar-refractivity contribution < 1.29 is 9.26 Å². The van der Waals surface area contributed by atoms with Crippen molar-refractivity contribution >= 4 is 5.95 Å². The van der Waals surface area contributed by atoms with E-state index in [1.165, 1.54) is 0 Å². The van der Waals surface area contributed by atoms with Gasteiger partial charge in [-0.25, -0.2) is 0 Å². The largest absolute Gasteiger partial charge is 0.378 e. The van der Waals surface area contributed by atoms with Gasteiger partial charge in [-0.15, -0.1) is 0 Å². The predicted octanol–water partition coefficient (Wildman–Crippen LogP) is 1.01. The Kier molecular flexibility index (Phi) is 4.54. The van der Waals surface area contributed by atoms with Crippen LogP contribution in [0.5, 0.6) is 0 Å². The summed E-state index contributed by atoms with van der Waals surface area (Å²) in [6, 6.07) is 0.327. The van der Waals surface area contributed by atoms with Crippen molar-refractivity contribution in [3.05, 3.63) is 5.89 Å². The summed E-state index contributed by atoms with van der Waals surface area (Å²) in [5.74, 6) is 1.60. The molecule has 0 aromatic carbocycles. The first-order chi connectivity index (χ1) is 8.72. The van der Waals surface area contributed by atoms with Crippen LogP contribution in [0.2, 0.25) is 0 Å². The molecule has 0 radical (unpaired) electrons. The first-order valence-corrected chi connectivity index (χ1v) is 6.62. The van der Waals surface area contributed by atoms with Gasteiger partial charge < -0.3 is 19.5 Å². The van der Waals surface area contributed by atoms with Crippen LogP contribution in [0.4, 0.5) is 5.95 Å². The van der Waals surface area contributed by atoms with Crippen molar-refractivity contribution in [2.45, 2.75) is 32.7 Å². The minimum absolute atomic E-state index is 0.215. The minimum atomic E-state index is 0.215. The molecule has 1 fully saturated rings. The quantitative estimate of drug-likeness (QED) is 0.846. The van der Waals surface area contributed by atoms with Gasteiger partial charge >= 0.3 is 0 Å². The number of nitrogens with zero attached hydrogens (tertiary/aromatic N) is 3. The molecule has 1 aliphatic heterocycles. The Balaban J connectivity index is 2.00. The van der Waals surface area contributed by atoms with Crippen LogP contribution in [0.15, 0.2) is 4.52 Å². The van der Waals surface area contributed by atoms with Crippen molar-refractivity contribution in [1.82, 2.24) is 15.5 Å². The van der Waals surface area contributed by atoms with Gasteiger partial charge in [0, 0.05) is 19.1 Å². The maximum atomic E-state index is 5.36.